The van der Waals surface area contributed by atoms with E-state index < -0.39 is 0 Å². The lowest BCUT2D eigenvalue weighted by Crippen LogP contribution is -1.94. The number of aliphatic hydroxyl groups excluding tert-OH is 1. The molecule has 0 saturated heterocycles. The molecule has 6 nitrogen and oxygen atoms in total. The lowest BCUT2D eigenvalue weighted by atomic mass is 10.2. The van der Waals surface area contributed by atoms with E-state index in [2.05, 4.69) is 15.1 Å². The van der Waals surface area contributed by atoms with Gasteiger partial charge in [-0.2, -0.15) is 4.98 Å². The molecule has 0 aromatic carbocycles. The minimum atomic E-state index is 0.226. The maximum atomic E-state index is 8.70. The molecule has 0 saturated carbocycles. The molecule has 19 heavy (non-hydrogen) atoms. The van der Waals surface area contributed by atoms with Gasteiger partial charge in [-0.15, -0.1) is 0 Å². The van der Waals surface area contributed by atoms with Crippen LogP contribution >= 0.6 is 0 Å². The average Bonchev–Trinajstić information content (AvgIpc) is 2.83. The zero-order valence-corrected chi connectivity index (χ0v) is 11.0. The van der Waals surface area contributed by atoms with Crippen LogP contribution in [0.2, 0.25) is 0 Å². The molecule has 2 aromatic rings. The van der Waals surface area contributed by atoms with Gasteiger partial charge in [0.05, 0.1) is 11.9 Å². The zero-order valence-electron chi connectivity index (χ0n) is 11.0. The highest BCUT2D eigenvalue weighted by atomic mass is 16.5. The maximum absolute atomic E-state index is 8.70. The van der Waals surface area contributed by atoms with E-state index in [1.807, 2.05) is 13.0 Å². The van der Waals surface area contributed by atoms with Gasteiger partial charge >= 0.3 is 0 Å². The third kappa shape index (κ3) is 3.51. The molecule has 102 valence electrons. The van der Waals surface area contributed by atoms with Crippen molar-refractivity contribution in [2.75, 3.05) is 12.3 Å². The molecule has 0 unspecified atom stereocenters. The van der Waals surface area contributed by atoms with E-state index in [0.29, 0.717) is 23.1 Å². The van der Waals surface area contributed by atoms with Crippen LogP contribution in [0.3, 0.4) is 0 Å². The summed E-state index contributed by atoms with van der Waals surface area (Å²) in [7, 11) is 0. The van der Waals surface area contributed by atoms with Crippen molar-refractivity contribution < 1.29 is 9.63 Å². The van der Waals surface area contributed by atoms with E-state index in [1.165, 1.54) is 0 Å². The van der Waals surface area contributed by atoms with Gasteiger partial charge < -0.3 is 15.4 Å². The summed E-state index contributed by atoms with van der Waals surface area (Å²) in [6.07, 6.45) is 4.99. The van der Waals surface area contributed by atoms with E-state index in [4.69, 9.17) is 15.4 Å². The molecule has 2 aromatic heterocycles. The number of unbranched alkanes of at least 4 members (excludes halogenated alkanes) is 2. The Morgan fingerprint density at radius 1 is 1.32 bits per heavy atom. The number of aryl methyl sites for hydroxylation is 2. The number of rotatable bonds is 6. The predicted molar refractivity (Wildman–Crippen MR) is 71.3 cm³/mol. The molecule has 0 spiro atoms. The summed E-state index contributed by atoms with van der Waals surface area (Å²) in [6.45, 7) is 2.14. The van der Waals surface area contributed by atoms with Gasteiger partial charge in [0.2, 0.25) is 11.7 Å². The Bertz CT molecular complexity index is 539. The molecular formula is C13H18N4O2. The highest BCUT2D eigenvalue weighted by molar-refractivity contribution is 5.57. The molecule has 6 heteroatoms. The molecule has 0 aliphatic heterocycles. The Morgan fingerprint density at radius 2 is 2.16 bits per heavy atom. The molecule has 0 amide bonds. The third-order valence-electron chi connectivity index (χ3n) is 2.83. The van der Waals surface area contributed by atoms with Crippen molar-refractivity contribution in [2.24, 2.45) is 0 Å². The number of pyridine rings is 1. The summed E-state index contributed by atoms with van der Waals surface area (Å²) in [5.74, 6) is 1.10. The summed E-state index contributed by atoms with van der Waals surface area (Å²) < 4.78 is 5.19. The van der Waals surface area contributed by atoms with E-state index in [-0.39, 0.29) is 6.61 Å². The normalized spacial score (nSPS) is 10.8. The second kappa shape index (κ2) is 6.29. The Morgan fingerprint density at radius 3 is 2.89 bits per heavy atom. The fourth-order valence-corrected chi connectivity index (χ4v) is 1.85. The van der Waals surface area contributed by atoms with Gasteiger partial charge in [0, 0.05) is 13.0 Å². The van der Waals surface area contributed by atoms with Crippen molar-refractivity contribution >= 4 is 5.69 Å². The summed E-state index contributed by atoms with van der Waals surface area (Å²) in [4.78, 5) is 8.55. The van der Waals surface area contributed by atoms with Crippen molar-refractivity contribution in [3.05, 3.63) is 23.7 Å². The number of nitrogen functional groups attached to an aromatic ring is 1. The number of anilines is 1. The minimum Gasteiger partial charge on any atom is -0.397 e. The van der Waals surface area contributed by atoms with Crippen LogP contribution in [-0.2, 0) is 6.42 Å². The van der Waals surface area contributed by atoms with Crippen LogP contribution in [0.4, 0.5) is 5.69 Å². The largest absolute Gasteiger partial charge is 0.397 e. The molecule has 0 atom stereocenters. The predicted octanol–water partition coefficient (Wildman–Crippen LogP) is 1.73. The molecule has 0 bridgehead atoms. The lowest BCUT2D eigenvalue weighted by Gasteiger charge is -2.00. The second-order valence-electron chi connectivity index (χ2n) is 4.48. The summed E-state index contributed by atoms with van der Waals surface area (Å²) in [6, 6.07) is 1.83. The van der Waals surface area contributed by atoms with Crippen LogP contribution in [0.25, 0.3) is 11.5 Å². The van der Waals surface area contributed by atoms with Crippen LogP contribution in [0.15, 0.2) is 16.8 Å². The first-order valence-electron chi connectivity index (χ1n) is 6.36. The lowest BCUT2D eigenvalue weighted by molar-refractivity contribution is 0.281. The smallest absolute Gasteiger partial charge is 0.227 e. The second-order valence-corrected chi connectivity index (χ2v) is 4.48. The molecular weight excluding hydrogens is 244 g/mol. The van der Waals surface area contributed by atoms with Crippen molar-refractivity contribution in [1.82, 2.24) is 15.1 Å². The highest BCUT2D eigenvalue weighted by Gasteiger charge is 2.12. The Balaban J connectivity index is 2.04. The van der Waals surface area contributed by atoms with Crippen molar-refractivity contribution in [1.29, 1.82) is 0 Å². The number of hydrogen-bond donors (Lipinski definition) is 2. The number of aromatic nitrogens is 3. The van der Waals surface area contributed by atoms with Crippen LogP contribution in [0, 0.1) is 6.92 Å². The molecule has 3 N–H and O–H groups in total. The average molecular weight is 262 g/mol. The van der Waals surface area contributed by atoms with Crippen LogP contribution in [-0.4, -0.2) is 26.8 Å². The van der Waals surface area contributed by atoms with E-state index in [9.17, 15) is 0 Å². The first-order valence-corrected chi connectivity index (χ1v) is 6.36. The number of nitrogens with zero attached hydrogens (tertiary/aromatic N) is 3. The van der Waals surface area contributed by atoms with E-state index in [1.54, 1.807) is 6.20 Å². The van der Waals surface area contributed by atoms with Crippen LogP contribution in [0.5, 0.6) is 0 Å². The molecule has 2 rings (SSSR count). The fourth-order valence-electron chi connectivity index (χ4n) is 1.85. The molecule has 0 radical (unpaired) electrons. The van der Waals surface area contributed by atoms with Gasteiger partial charge in [0.15, 0.2) is 0 Å². The van der Waals surface area contributed by atoms with Crippen LogP contribution in [0.1, 0.15) is 30.7 Å². The third-order valence-corrected chi connectivity index (χ3v) is 2.83. The van der Waals surface area contributed by atoms with Gasteiger partial charge in [-0.25, -0.2) is 0 Å². The monoisotopic (exact) mass is 262 g/mol. The number of nitrogens with two attached hydrogens (primary N) is 1. The van der Waals surface area contributed by atoms with Gasteiger partial charge in [-0.05, 0) is 31.4 Å². The highest BCUT2D eigenvalue weighted by Crippen LogP contribution is 2.19. The Labute approximate surface area is 111 Å². The van der Waals surface area contributed by atoms with Crippen LogP contribution < -0.4 is 5.73 Å². The number of hydrogen-bond acceptors (Lipinski definition) is 6. The standard InChI is InChI=1S/C13H18N4O2/c1-9-7-10(14)8-15-12(9)13-16-11(19-17-13)5-3-2-4-6-18/h7-8,18H,2-6,14H2,1H3. The fraction of sp³-hybridized carbons (Fsp3) is 0.462. The Kier molecular flexibility index (Phi) is 4.46. The summed E-state index contributed by atoms with van der Waals surface area (Å²) >= 11 is 0. The first-order chi connectivity index (χ1) is 9.20. The van der Waals surface area contributed by atoms with Gasteiger partial charge in [-0.1, -0.05) is 11.6 Å². The molecule has 2 heterocycles. The van der Waals surface area contributed by atoms with Gasteiger partial charge in [0.1, 0.15) is 5.69 Å². The van der Waals surface area contributed by atoms with E-state index >= 15 is 0 Å². The minimum absolute atomic E-state index is 0.226. The zero-order chi connectivity index (χ0) is 13.7. The first kappa shape index (κ1) is 13.5. The van der Waals surface area contributed by atoms with E-state index in [0.717, 1.165) is 31.2 Å². The molecule has 0 aliphatic rings. The topological polar surface area (TPSA) is 98.1 Å². The van der Waals surface area contributed by atoms with Gasteiger partial charge in [0.25, 0.3) is 0 Å². The van der Waals surface area contributed by atoms with Crippen molar-refractivity contribution in [3.63, 3.8) is 0 Å². The summed E-state index contributed by atoms with van der Waals surface area (Å²) in [5, 5.41) is 12.6. The quantitative estimate of drug-likeness (QED) is 0.769. The Hall–Kier alpha value is -1.95. The maximum Gasteiger partial charge on any atom is 0.227 e. The van der Waals surface area contributed by atoms with Crippen molar-refractivity contribution in [3.8, 4) is 11.5 Å². The summed E-state index contributed by atoms with van der Waals surface area (Å²) in [5.41, 5.74) is 7.90. The SMILES string of the molecule is Cc1cc(N)cnc1-c1noc(CCCCCO)n1. The molecule has 0 fully saturated rings. The molecule has 0 aliphatic carbocycles. The van der Waals surface area contributed by atoms with Crippen molar-refractivity contribution in [2.45, 2.75) is 32.6 Å². The number of aliphatic hydroxyl groups is 1. The van der Waals surface area contributed by atoms with Gasteiger partial charge in [-0.3, -0.25) is 4.98 Å².